The minimum atomic E-state index is -0.239. The molecule has 0 unspecified atom stereocenters. The molecule has 0 aliphatic heterocycles. The molecule has 4 nitrogen and oxygen atoms in total. The van der Waals surface area contributed by atoms with Crippen LogP contribution in [0.1, 0.15) is 0 Å². The van der Waals surface area contributed by atoms with Crippen LogP contribution in [-0.2, 0) is 0 Å². The third-order valence-corrected chi connectivity index (χ3v) is 2.87. The van der Waals surface area contributed by atoms with Gasteiger partial charge in [0.1, 0.15) is 11.5 Å². The van der Waals surface area contributed by atoms with Gasteiger partial charge in [-0.1, -0.05) is 36.4 Å². The second-order valence-electron chi connectivity index (χ2n) is 4.21. The number of benzene rings is 2. The maximum Gasteiger partial charge on any atom is 0.272 e. The van der Waals surface area contributed by atoms with E-state index in [9.17, 15) is 4.79 Å². The average Bonchev–Trinajstić information content (AvgIpc) is 2.50. The van der Waals surface area contributed by atoms with Gasteiger partial charge in [-0.15, -0.1) is 0 Å². The number of hydrogen-bond donors (Lipinski definition) is 1. The van der Waals surface area contributed by atoms with Gasteiger partial charge in [-0.05, 0) is 24.3 Å². The van der Waals surface area contributed by atoms with Gasteiger partial charge in [-0.25, -0.2) is 5.10 Å². The van der Waals surface area contributed by atoms with Crippen LogP contribution in [-0.4, -0.2) is 10.2 Å². The molecule has 3 aromatic rings. The average molecular weight is 264 g/mol. The van der Waals surface area contributed by atoms with Crippen LogP contribution in [0.4, 0.5) is 0 Å². The molecule has 1 aromatic heterocycles. The van der Waals surface area contributed by atoms with E-state index in [1.165, 1.54) is 0 Å². The molecule has 0 atom stereocenters. The van der Waals surface area contributed by atoms with Gasteiger partial charge in [-0.3, -0.25) is 4.79 Å². The predicted molar refractivity (Wildman–Crippen MR) is 76.8 cm³/mol. The summed E-state index contributed by atoms with van der Waals surface area (Å²) in [6.07, 6.45) is 1.55. The number of para-hydroxylation sites is 2. The first-order valence-corrected chi connectivity index (χ1v) is 6.20. The molecule has 0 bridgehead atoms. The molecule has 1 heterocycles. The molecule has 2 aromatic carbocycles. The topological polar surface area (TPSA) is 55.0 Å². The summed E-state index contributed by atoms with van der Waals surface area (Å²) in [7, 11) is 0. The quantitative estimate of drug-likeness (QED) is 0.790. The third-order valence-electron chi connectivity index (χ3n) is 2.87. The maximum atomic E-state index is 11.9. The molecule has 0 saturated carbocycles. The van der Waals surface area contributed by atoms with Crippen LogP contribution in [0.5, 0.6) is 11.5 Å². The van der Waals surface area contributed by atoms with Crippen LogP contribution in [0, 0.1) is 0 Å². The van der Waals surface area contributed by atoms with E-state index in [1.807, 2.05) is 54.6 Å². The van der Waals surface area contributed by atoms with Crippen molar-refractivity contribution in [2.24, 2.45) is 0 Å². The lowest BCUT2D eigenvalue weighted by Crippen LogP contribution is -2.09. The summed E-state index contributed by atoms with van der Waals surface area (Å²) < 4.78 is 5.85. The first-order valence-electron chi connectivity index (χ1n) is 6.20. The van der Waals surface area contributed by atoms with Crippen LogP contribution in [0.15, 0.2) is 71.7 Å². The molecule has 4 heteroatoms. The highest BCUT2D eigenvalue weighted by Crippen LogP contribution is 2.31. The molecule has 0 spiro atoms. The van der Waals surface area contributed by atoms with Gasteiger partial charge in [0.2, 0.25) is 0 Å². The van der Waals surface area contributed by atoms with Crippen molar-refractivity contribution in [3.05, 3.63) is 77.2 Å². The predicted octanol–water partition coefficient (Wildman–Crippen LogP) is 3.23. The summed E-state index contributed by atoms with van der Waals surface area (Å²) in [5, 5.41) is 6.13. The van der Waals surface area contributed by atoms with Crippen LogP contribution in [0.25, 0.3) is 11.1 Å². The number of aromatic nitrogens is 2. The van der Waals surface area contributed by atoms with E-state index >= 15 is 0 Å². The number of rotatable bonds is 3. The lowest BCUT2D eigenvalue weighted by Gasteiger charge is -2.10. The fourth-order valence-electron chi connectivity index (χ4n) is 1.95. The molecule has 20 heavy (non-hydrogen) atoms. The number of nitrogens with zero attached hydrogens (tertiary/aromatic N) is 1. The Balaban J connectivity index is 2.06. The van der Waals surface area contributed by atoms with Gasteiger partial charge in [0.05, 0.1) is 5.56 Å². The molecule has 0 saturated heterocycles. The second-order valence-corrected chi connectivity index (χ2v) is 4.21. The fourth-order valence-corrected chi connectivity index (χ4v) is 1.95. The smallest absolute Gasteiger partial charge is 0.272 e. The van der Waals surface area contributed by atoms with E-state index in [0.717, 1.165) is 11.3 Å². The largest absolute Gasteiger partial charge is 0.457 e. The van der Waals surface area contributed by atoms with Crippen LogP contribution >= 0.6 is 0 Å². The third kappa shape index (κ3) is 2.44. The van der Waals surface area contributed by atoms with Gasteiger partial charge in [0.25, 0.3) is 5.56 Å². The molecule has 0 radical (unpaired) electrons. The molecule has 0 fully saturated rings. The highest BCUT2D eigenvalue weighted by atomic mass is 16.5. The van der Waals surface area contributed by atoms with Gasteiger partial charge in [-0.2, -0.15) is 5.10 Å². The minimum absolute atomic E-state index is 0.239. The zero-order valence-corrected chi connectivity index (χ0v) is 10.6. The van der Waals surface area contributed by atoms with Crippen molar-refractivity contribution in [1.82, 2.24) is 10.2 Å². The Labute approximate surface area is 115 Å². The molecular weight excluding hydrogens is 252 g/mol. The zero-order chi connectivity index (χ0) is 13.8. The van der Waals surface area contributed by atoms with E-state index in [2.05, 4.69) is 10.2 Å². The first kappa shape index (κ1) is 12.2. The Bertz CT molecular complexity index is 766. The van der Waals surface area contributed by atoms with Crippen molar-refractivity contribution in [2.75, 3.05) is 0 Å². The van der Waals surface area contributed by atoms with E-state index in [1.54, 1.807) is 12.3 Å². The molecule has 98 valence electrons. The SMILES string of the molecule is O=c1[nH]nccc1-c1ccccc1Oc1ccccc1. The van der Waals surface area contributed by atoms with Crippen LogP contribution in [0.2, 0.25) is 0 Å². The van der Waals surface area contributed by atoms with Crippen molar-refractivity contribution in [3.8, 4) is 22.6 Å². The van der Waals surface area contributed by atoms with Crippen molar-refractivity contribution in [1.29, 1.82) is 0 Å². The van der Waals surface area contributed by atoms with Crippen molar-refractivity contribution < 1.29 is 4.74 Å². The van der Waals surface area contributed by atoms with E-state index in [4.69, 9.17) is 4.74 Å². The maximum absolute atomic E-state index is 11.9. The summed E-state index contributed by atoms with van der Waals surface area (Å²) in [5.74, 6) is 1.36. The van der Waals surface area contributed by atoms with Gasteiger partial charge < -0.3 is 4.74 Å². The Hall–Kier alpha value is -2.88. The summed E-state index contributed by atoms with van der Waals surface area (Å²) in [4.78, 5) is 11.9. The summed E-state index contributed by atoms with van der Waals surface area (Å²) in [6.45, 7) is 0. The summed E-state index contributed by atoms with van der Waals surface area (Å²) >= 11 is 0. The van der Waals surface area contributed by atoms with Crippen LogP contribution < -0.4 is 10.3 Å². The number of H-pyrrole nitrogens is 1. The molecule has 0 aliphatic carbocycles. The monoisotopic (exact) mass is 264 g/mol. The van der Waals surface area contributed by atoms with Gasteiger partial charge in [0.15, 0.2) is 0 Å². The summed E-state index contributed by atoms with van der Waals surface area (Å²) in [5.41, 5.74) is 1.03. The molecule has 0 aliphatic rings. The highest BCUT2D eigenvalue weighted by Gasteiger charge is 2.09. The van der Waals surface area contributed by atoms with Crippen molar-refractivity contribution >= 4 is 0 Å². The van der Waals surface area contributed by atoms with Gasteiger partial charge in [0, 0.05) is 11.8 Å². The zero-order valence-electron chi connectivity index (χ0n) is 10.6. The normalized spacial score (nSPS) is 10.2. The van der Waals surface area contributed by atoms with Crippen molar-refractivity contribution in [3.63, 3.8) is 0 Å². The van der Waals surface area contributed by atoms with E-state index in [-0.39, 0.29) is 5.56 Å². The fraction of sp³-hybridized carbons (Fsp3) is 0. The first-order chi connectivity index (χ1) is 9.84. The van der Waals surface area contributed by atoms with Gasteiger partial charge >= 0.3 is 0 Å². The lowest BCUT2D eigenvalue weighted by atomic mass is 10.1. The lowest BCUT2D eigenvalue weighted by molar-refractivity contribution is 0.484. The standard InChI is InChI=1S/C16H12N2O2/c19-16-14(10-11-17-18-16)13-8-4-5-9-15(13)20-12-6-2-1-3-7-12/h1-11H,(H,18,19). The number of hydrogen-bond acceptors (Lipinski definition) is 3. The summed E-state index contributed by atoms with van der Waals surface area (Å²) in [6, 6.07) is 18.6. The minimum Gasteiger partial charge on any atom is -0.457 e. The molecule has 1 N–H and O–H groups in total. The van der Waals surface area contributed by atoms with E-state index < -0.39 is 0 Å². The molecule has 0 amide bonds. The molecular formula is C16H12N2O2. The molecule has 3 rings (SSSR count). The Morgan fingerprint density at radius 3 is 2.40 bits per heavy atom. The second kappa shape index (κ2) is 5.40. The van der Waals surface area contributed by atoms with Crippen LogP contribution in [0.3, 0.4) is 0 Å². The Kier molecular flexibility index (Phi) is 3.29. The number of ether oxygens (including phenoxy) is 1. The van der Waals surface area contributed by atoms with Crippen molar-refractivity contribution in [2.45, 2.75) is 0 Å². The van der Waals surface area contributed by atoms with E-state index in [0.29, 0.717) is 11.3 Å². The Morgan fingerprint density at radius 2 is 1.60 bits per heavy atom. The number of nitrogens with one attached hydrogen (secondary N) is 1. The highest BCUT2D eigenvalue weighted by molar-refractivity contribution is 5.69. The number of aromatic amines is 1. The Morgan fingerprint density at radius 1 is 0.850 bits per heavy atom.